The number of carbonyl (C=O) groups excluding carboxylic acids is 2. The van der Waals surface area contributed by atoms with Crippen molar-refractivity contribution in [2.75, 3.05) is 20.8 Å². The van der Waals surface area contributed by atoms with Crippen LogP contribution in [0.4, 0.5) is 13.2 Å². The first-order valence-electron chi connectivity index (χ1n) is 9.26. The summed E-state index contributed by atoms with van der Waals surface area (Å²) in [6, 6.07) is 8.93. The lowest BCUT2D eigenvalue weighted by Gasteiger charge is -2.27. The molecule has 3 rings (SSSR count). The second-order valence-electron chi connectivity index (χ2n) is 6.31. The molecule has 0 aliphatic carbocycles. The molecule has 1 aliphatic rings. The maximum Gasteiger partial charge on any atom is 0.430 e. The third-order valence-electron chi connectivity index (χ3n) is 4.23. The van der Waals surface area contributed by atoms with Crippen LogP contribution in [-0.2, 0) is 9.53 Å². The topological polar surface area (TPSA) is 91.3 Å². The largest absolute Gasteiger partial charge is 0.507 e. The number of aromatic hydroxyl groups is 1. The van der Waals surface area contributed by atoms with Crippen LogP contribution < -0.4 is 14.2 Å². The molecule has 0 saturated heterocycles. The number of halogens is 3. The average Bonchev–Trinajstić information content (AvgIpc) is 2.77. The smallest absolute Gasteiger partial charge is 0.430 e. The van der Waals surface area contributed by atoms with Crippen molar-refractivity contribution >= 4 is 18.3 Å². The normalized spacial score (nSPS) is 14.6. The van der Waals surface area contributed by atoms with Gasteiger partial charge in [0.1, 0.15) is 23.0 Å². The Kier molecular flexibility index (Phi) is 8.11. The van der Waals surface area contributed by atoms with Crippen molar-refractivity contribution in [3.8, 4) is 23.0 Å². The lowest BCUT2D eigenvalue weighted by Crippen LogP contribution is -2.40. The van der Waals surface area contributed by atoms with Gasteiger partial charge in [-0.3, -0.25) is 4.79 Å². The van der Waals surface area contributed by atoms with E-state index in [1.807, 2.05) is 0 Å². The van der Waals surface area contributed by atoms with Gasteiger partial charge in [0, 0.05) is 17.7 Å². The average molecular weight is 454 g/mol. The summed E-state index contributed by atoms with van der Waals surface area (Å²) >= 11 is 0. The summed E-state index contributed by atoms with van der Waals surface area (Å²) in [5, 5.41) is 9.11. The molecule has 32 heavy (non-hydrogen) atoms. The molecule has 1 unspecified atom stereocenters. The zero-order valence-electron chi connectivity index (χ0n) is 17.4. The number of aldehydes is 1. The second kappa shape index (κ2) is 10.6. The molecule has 0 saturated carbocycles. The standard InChI is InChI=1S/C14H13F3O4.C8H8O3/c1-3-20-13(18)10-6-8-4-5-9(19-2)7-11(8)21-12(10)14(15,16)17;1-11-7-3-2-6(5-9)8(10)4-7/h4-7,12H,3H2,1-2H3;2-5,10H,1H3. The molecule has 1 aliphatic heterocycles. The van der Waals surface area contributed by atoms with Crippen LogP contribution in [0.2, 0.25) is 0 Å². The molecule has 0 spiro atoms. The number of carbonyl (C=O) groups is 2. The van der Waals surface area contributed by atoms with Crippen molar-refractivity contribution in [2.24, 2.45) is 0 Å². The predicted molar refractivity (Wildman–Crippen MR) is 108 cm³/mol. The van der Waals surface area contributed by atoms with Crippen molar-refractivity contribution < 1.29 is 46.8 Å². The lowest BCUT2D eigenvalue weighted by atomic mass is 10.0. The van der Waals surface area contributed by atoms with Gasteiger partial charge in [0.2, 0.25) is 6.10 Å². The van der Waals surface area contributed by atoms with Gasteiger partial charge in [-0.2, -0.15) is 13.2 Å². The van der Waals surface area contributed by atoms with Crippen molar-refractivity contribution in [3.05, 3.63) is 53.1 Å². The molecule has 0 amide bonds. The maximum atomic E-state index is 13.1. The van der Waals surface area contributed by atoms with E-state index in [4.69, 9.17) is 19.3 Å². The first kappa shape index (κ1) is 24.6. The number of hydrogen-bond acceptors (Lipinski definition) is 7. The molecule has 172 valence electrons. The summed E-state index contributed by atoms with van der Waals surface area (Å²) in [6.07, 6.45) is -5.35. The number of esters is 1. The SMILES string of the molecule is CCOC(=O)C1=Cc2ccc(OC)cc2OC1C(F)(F)F.COc1ccc(C=O)c(O)c1. The molecule has 10 heteroatoms. The van der Waals surface area contributed by atoms with Crippen LogP contribution in [0.25, 0.3) is 6.08 Å². The van der Waals surface area contributed by atoms with Gasteiger partial charge < -0.3 is 24.1 Å². The Morgan fingerprint density at radius 1 is 1.12 bits per heavy atom. The van der Waals surface area contributed by atoms with Gasteiger partial charge in [-0.05, 0) is 37.3 Å². The highest BCUT2D eigenvalue weighted by atomic mass is 19.4. The minimum absolute atomic E-state index is 0.00437. The Labute approximate surface area is 182 Å². The van der Waals surface area contributed by atoms with Crippen LogP contribution >= 0.6 is 0 Å². The lowest BCUT2D eigenvalue weighted by molar-refractivity contribution is -0.187. The number of fused-ring (bicyclic) bond motifs is 1. The van der Waals surface area contributed by atoms with Crippen molar-refractivity contribution in [1.82, 2.24) is 0 Å². The number of methoxy groups -OCH3 is 2. The van der Waals surface area contributed by atoms with Crippen LogP contribution in [0.15, 0.2) is 42.0 Å². The van der Waals surface area contributed by atoms with E-state index in [-0.39, 0.29) is 23.7 Å². The molecule has 0 aromatic heterocycles. The third kappa shape index (κ3) is 5.93. The van der Waals surface area contributed by atoms with Crippen LogP contribution in [0.5, 0.6) is 23.0 Å². The first-order valence-corrected chi connectivity index (χ1v) is 9.26. The molecule has 0 bridgehead atoms. The van der Waals surface area contributed by atoms with E-state index >= 15 is 0 Å². The highest BCUT2D eigenvalue weighted by Gasteiger charge is 2.48. The van der Waals surface area contributed by atoms with Crippen molar-refractivity contribution in [3.63, 3.8) is 0 Å². The minimum Gasteiger partial charge on any atom is -0.507 e. The monoisotopic (exact) mass is 454 g/mol. The Morgan fingerprint density at radius 2 is 1.75 bits per heavy atom. The summed E-state index contributed by atoms with van der Waals surface area (Å²) < 4.78 is 58.5. The number of hydrogen-bond donors (Lipinski definition) is 1. The van der Waals surface area contributed by atoms with Gasteiger partial charge in [-0.1, -0.05) is 0 Å². The van der Waals surface area contributed by atoms with E-state index < -0.39 is 23.8 Å². The van der Waals surface area contributed by atoms with Crippen LogP contribution in [-0.4, -0.2) is 50.5 Å². The number of benzene rings is 2. The minimum atomic E-state index is -4.72. The summed E-state index contributed by atoms with van der Waals surface area (Å²) in [6.45, 7) is 1.50. The zero-order chi connectivity index (χ0) is 23.9. The Hall–Kier alpha value is -3.69. The molecule has 0 fully saturated rings. The quantitative estimate of drug-likeness (QED) is 0.535. The Bertz CT molecular complexity index is 1000. The van der Waals surface area contributed by atoms with Gasteiger partial charge in [-0.15, -0.1) is 0 Å². The summed E-state index contributed by atoms with van der Waals surface area (Å²) in [7, 11) is 2.89. The molecule has 7 nitrogen and oxygen atoms in total. The maximum absolute atomic E-state index is 13.1. The fourth-order valence-corrected chi connectivity index (χ4v) is 2.67. The van der Waals surface area contributed by atoms with E-state index in [0.29, 0.717) is 23.3 Å². The van der Waals surface area contributed by atoms with Crippen molar-refractivity contribution in [1.29, 1.82) is 0 Å². The highest BCUT2D eigenvalue weighted by Crippen LogP contribution is 2.39. The number of alkyl halides is 3. The van der Waals surface area contributed by atoms with Crippen molar-refractivity contribution in [2.45, 2.75) is 19.2 Å². The molecule has 2 aromatic carbocycles. The van der Waals surface area contributed by atoms with Gasteiger partial charge in [0.15, 0.2) is 6.29 Å². The Morgan fingerprint density at radius 3 is 2.28 bits per heavy atom. The third-order valence-corrected chi connectivity index (χ3v) is 4.23. The molecule has 1 N–H and O–H groups in total. The van der Waals surface area contributed by atoms with Crippen LogP contribution in [0.3, 0.4) is 0 Å². The summed E-state index contributed by atoms with van der Waals surface area (Å²) in [5.41, 5.74) is 0.0622. The highest BCUT2D eigenvalue weighted by molar-refractivity contribution is 5.96. The molecular formula is C22H21F3O7. The fourth-order valence-electron chi connectivity index (χ4n) is 2.67. The van der Waals surface area contributed by atoms with Crippen LogP contribution in [0.1, 0.15) is 22.8 Å². The van der Waals surface area contributed by atoms with E-state index in [1.165, 1.54) is 45.4 Å². The number of rotatable bonds is 5. The molecule has 1 heterocycles. The first-order chi connectivity index (χ1) is 15.1. The zero-order valence-corrected chi connectivity index (χ0v) is 17.4. The van der Waals surface area contributed by atoms with Crippen LogP contribution in [0, 0.1) is 0 Å². The number of phenolic OH excluding ortho intramolecular Hbond substituents is 1. The van der Waals surface area contributed by atoms with Gasteiger partial charge in [0.25, 0.3) is 0 Å². The predicted octanol–water partition coefficient (Wildman–Crippen LogP) is 4.18. The van der Waals surface area contributed by atoms with Gasteiger partial charge in [0.05, 0.1) is 32.0 Å². The molecule has 0 radical (unpaired) electrons. The molecule has 2 aromatic rings. The number of phenols is 1. The van der Waals surface area contributed by atoms with E-state index in [2.05, 4.69) is 4.74 Å². The summed E-state index contributed by atoms with van der Waals surface area (Å²) in [5.74, 6) is -0.193. The Balaban J connectivity index is 0.000000278. The molecular weight excluding hydrogens is 433 g/mol. The van der Waals surface area contributed by atoms with E-state index in [9.17, 15) is 22.8 Å². The van der Waals surface area contributed by atoms with Gasteiger partial charge in [-0.25, -0.2) is 4.79 Å². The fraction of sp³-hybridized carbons (Fsp3) is 0.273. The second-order valence-corrected chi connectivity index (χ2v) is 6.31. The summed E-state index contributed by atoms with van der Waals surface area (Å²) in [4.78, 5) is 21.9. The van der Waals surface area contributed by atoms with E-state index in [0.717, 1.165) is 6.08 Å². The number of ether oxygens (including phenoxy) is 4. The van der Waals surface area contributed by atoms with E-state index in [1.54, 1.807) is 12.1 Å². The van der Waals surface area contributed by atoms with Gasteiger partial charge >= 0.3 is 12.1 Å². The molecule has 1 atom stereocenters.